The van der Waals surface area contributed by atoms with Crippen LogP contribution in [0.4, 0.5) is 0 Å². The predicted molar refractivity (Wildman–Crippen MR) is 61.9 cm³/mol. The predicted octanol–water partition coefficient (Wildman–Crippen LogP) is 2.77. The molecule has 0 bridgehead atoms. The van der Waals surface area contributed by atoms with Gasteiger partial charge in [-0.2, -0.15) is 0 Å². The SMILES string of the molecule is NC(c1ccc(Cl)cc1)C1CCOCC1. The highest BCUT2D eigenvalue weighted by Gasteiger charge is 2.21. The molecule has 1 heterocycles. The highest BCUT2D eigenvalue weighted by molar-refractivity contribution is 6.30. The fourth-order valence-electron chi connectivity index (χ4n) is 2.03. The molecule has 0 aliphatic carbocycles. The van der Waals surface area contributed by atoms with E-state index in [9.17, 15) is 0 Å². The van der Waals surface area contributed by atoms with Crippen molar-refractivity contribution in [3.63, 3.8) is 0 Å². The summed E-state index contributed by atoms with van der Waals surface area (Å²) in [6, 6.07) is 7.95. The van der Waals surface area contributed by atoms with Gasteiger partial charge in [0.2, 0.25) is 0 Å². The highest BCUT2D eigenvalue weighted by atomic mass is 35.5. The van der Waals surface area contributed by atoms with Crippen molar-refractivity contribution in [1.82, 2.24) is 0 Å². The molecule has 0 saturated carbocycles. The number of halogens is 1. The van der Waals surface area contributed by atoms with Crippen LogP contribution in [0.3, 0.4) is 0 Å². The zero-order valence-electron chi connectivity index (χ0n) is 8.66. The van der Waals surface area contributed by atoms with Crippen LogP contribution in [-0.2, 0) is 4.74 Å². The summed E-state index contributed by atoms with van der Waals surface area (Å²) in [5.74, 6) is 0.542. The molecule has 2 N–H and O–H groups in total. The largest absolute Gasteiger partial charge is 0.381 e. The lowest BCUT2D eigenvalue weighted by molar-refractivity contribution is 0.0584. The Morgan fingerprint density at radius 1 is 1.20 bits per heavy atom. The van der Waals surface area contributed by atoms with Gasteiger partial charge in [-0.25, -0.2) is 0 Å². The molecule has 1 aromatic rings. The van der Waals surface area contributed by atoms with Crippen LogP contribution in [0, 0.1) is 5.92 Å². The lowest BCUT2D eigenvalue weighted by Crippen LogP contribution is -2.27. The molecule has 3 heteroatoms. The van der Waals surface area contributed by atoms with Gasteiger partial charge in [-0.15, -0.1) is 0 Å². The van der Waals surface area contributed by atoms with Gasteiger partial charge in [0.15, 0.2) is 0 Å². The molecule has 2 rings (SSSR count). The highest BCUT2D eigenvalue weighted by Crippen LogP contribution is 2.28. The van der Waals surface area contributed by atoms with Crippen molar-refractivity contribution < 1.29 is 4.74 Å². The molecule has 1 unspecified atom stereocenters. The first-order chi connectivity index (χ1) is 7.27. The Balaban J connectivity index is 2.05. The van der Waals surface area contributed by atoms with Crippen LogP contribution >= 0.6 is 11.6 Å². The second-order valence-corrected chi connectivity index (χ2v) is 4.46. The summed E-state index contributed by atoms with van der Waals surface area (Å²) in [6.45, 7) is 1.68. The third-order valence-corrected chi connectivity index (χ3v) is 3.28. The average molecular weight is 226 g/mol. The molecule has 1 atom stereocenters. The molecule has 1 aromatic carbocycles. The van der Waals surface area contributed by atoms with Gasteiger partial charge in [0.25, 0.3) is 0 Å². The molecular weight excluding hydrogens is 210 g/mol. The van der Waals surface area contributed by atoms with Gasteiger partial charge in [0.05, 0.1) is 0 Å². The lowest BCUT2D eigenvalue weighted by atomic mass is 9.88. The van der Waals surface area contributed by atoms with Gasteiger partial charge in [0, 0.05) is 24.3 Å². The first-order valence-corrected chi connectivity index (χ1v) is 5.74. The Labute approximate surface area is 95.4 Å². The topological polar surface area (TPSA) is 35.2 Å². The minimum absolute atomic E-state index is 0.117. The van der Waals surface area contributed by atoms with Crippen molar-refractivity contribution in [3.8, 4) is 0 Å². The van der Waals surface area contributed by atoms with Crippen LogP contribution in [-0.4, -0.2) is 13.2 Å². The zero-order chi connectivity index (χ0) is 10.7. The van der Waals surface area contributed by atoms with Crippen LogP contribution in [0.25, 0.3) is 0 Å². The van der Waals surface area contributed by atoms with Crippen molar-refractivity contribution in [2.45, 2.75) is 18.9 Å². The third kappa shape index (κ3) is 2.71. The van der Waals surface area contributed by atoms with E-state index in [0.29, 0.717) is 5.92 Å². The summed E-state index contributed by atoms with van der Waals surface area (Å²) >= 11 is 5.84. The van der Waals surface area contributed by atoms with Gasteiger partial charge < -0.3 is 10.5 Å². The molecule has 0 radical (unpaired) electrons. The van der Waals surface area contributed by atoms with Gasteiger partial charge in [-0.05, 0) is 36.5 Å². The van der Waals surface area contributed by atoms with E-state index in [1.807, 2.05) is 24.3 Å². The van der Waals surface area contributed by atoms with Crippen molar-refractivity contribution in [2.24, 2.45) is 11.7 Å². The van der Waals surface area contributed by atoms with E-state index in [-0.39, 0.29) is 6.04 Å². The monoisotopic (exact) mass is 225 g/mol. The van der Waals surface area contributed by atoms with Gasteiger partial charge in [-0.1, -0.05) is 23.7 Å². The number of rotatable bonds is 2. The minimum atomic E-state index is 0.117. The van der Waals surface area contributed by atoms with Crippen molar-refractivity contribution in [2.75, 3.05) is 13.2 Å². The van der Waals surface area contributed by atoms with E-state index in [2.05, 4.69) is 0 Å². The summed E-state index contributed by atoms with van der Waals surface area (Å²) in [5, 5.41) is 0.762. The molecular formula is C12H16ClNO. The van der Waals surface area contributed by atoms with Crippen molar-refractivity contribution in [1.29, 1.82) is 0 Å². The molecule has 0 amide bonds. The maximum Gasteiger partial charge on any atom is 0.0469 e. The van der Waals surface area contributed by atoms with Crippen molar-refractivity contribution >= 4 is 11.6 Å². The Morgan fingerprint density at radius 3 is 2.40 bits per heavy atom. The molecule has 82 valence electrons. The fraction of sp³-hybridized carbons (Fsp3) is 0.500. The maximum absolute atomic E-state index is 6.22. The normalized spacial score (nSPS) is 20.1. The molecule has 15 heavy (non-hydrogen) atoms. The molecule has 0 aromatic heterocycles. The molecule has 0 spiro atoms. The van der Waals surface area contributed by atoms with Gasteiger partial charge in [0.1, 0.15) is 0 Å². The number of nitrogens with two attached hydrogens (primary N) is 1. The Hall–Kier alpha value is -0.570. The Kier molecular flexibility index (Phi) is 3.62. The lowest BCUT2D eigenvalue weighted by Gasteiger charge is -2.27. The van der Waals surface area contributed by atoms with E-state index in [4.69, 9.17) is 22.1 Å². The number of hydrogen-bond donors (Lipinski definition) is 1. The second kappa shape index (κ2) is 4.97. The first-order valence-electron chi connectivity index (χ1n) is 5.36. The van der Waals surface area contributed by atoms with Crippen LogP contribution < -0.4 is 5.73 Å². The maximum atomic E-state index is 6.22. The van der Waals surface area contributed by atoms with E-state index >= 15 is 0 Å². The summed E-state index contributed by atoms with van der Waals surface area (Å²) in [4.78, 5) is 0. The van der Waals surface area contributed by atoms with Crippen LogP contribution in [0.5, 0.6) is 0 Å². The molecule has 1 aliphatic heterocycles. The third-order valence-electron chi connectivity index (χ3n) is 3.03. The molecule has 1 saturated heterocycles. The summed E-state index contributed by atoms with van der Waals surface area (Å²) in [5.41, 5.74) is 7.39. The Morgan fingerprint density at radius 2 is 1.80 bits per heavy atom. The van der Waals surface area contributed by atoms with E-state index in [1.54, 1.807) is 0 Å². The van der Waals surface area contributed by atoms with Crippen LogP contribution in [0.15, 0.2) is 24.3 Å². The number of hydrogen-bond acceptors (Lipinski definition) is 2. The second-order valence-electron chi connectivity index (χ2n) is 4.03. The van der Waals surface area contributed by atoms with Crippen molar-refractivity contribution in [3.05, 3.63) is 34.9 Å². The summed E-state index contributed by atoms with van der Waals surface area (Å²) < 4.78 is 5.33. The van der Waals surface area contributed by atoms with E-state index < -0.39 is 0 Å². The van der Waals surface area contributed by atoms with E-state index in [1.165, 1.54) is 5.56 Å². The molecule has 1 aliphatic rings. The quantitative estimate of drug-likeness (QED) is 0.840. The van der Waals surface area contributed by atoms with E-state index in [0.717, 1.165) is 31.1 Å². The number of ether oxygens (including phenoxy) is 1. The molecule has 1 fully saturated rings. The minimum Gasteiger partial charge on any atom is -0.381 e. The van der Waals surface area contributed by atoms with Gasteiger partial charge in [-0.3, -0.25) is 0 Å². The van der Waals surface area contributed by atoms with Crippen LogP contribution in [0.2, 0.25) is 5.02 Å². The van der Waals surface area contributed by atoms with Crippen LogP contribution in [0.1, 0.15) is 24.4 Å². The van der Waals surface area contributed by atoms with Gasteiger partial charge >= 0.3 is 0 Å². The standard InChI is InChI=1S/C12H16ClNO/c13-11-3-1-9(2-4-11)12(14)10-5-7-15-8-6-10/h1-4,10,12H,5-8,14H2. The first kappa shape index (κ1) is 10.9. The average Bonchev–Trinajstić information content (AvgIpc) is 2.30. The Bertz CT molecular complexity index is 306. The summed E-state index contributed by atoms with van der Waals surface area (Å²) in [6.07, 6.45) is 2.12. The zero-order valence-corrected chi connectivity index (χ0v) is 9.41. The summed E-state index contributed by atoms with van der Waals surface area (Å²) in [7, 11) is 0. The molecule has 2 nitrogen and oxygen atoms in total. The smallest absolute Gasteiger partial charge is 0.0469 e. The fourth-order valence-corrected chi connectivity index (χ4v) is 2.16. The number of benzene rings is 1.